The van der Waals surface area contributed by atoms with Crippen LogP contribution in [0.5, 0.6) is 0 Å². The number of carbonyl (C=O) groups is 2. The number of hydrogen-bond acceptors (Lipinski definition) is 4. The Labute approximate surface area is 185 Å². The van der Waals surface area contributed by atoms with Gasteiger partial charge in [0.25, 0.3) is 0 Å². The van der Waals surface area contributed by atoms with Gasteiger partial charge in [0.2, 0.25) is 11.8 Å². The molecule has 1 saturated heterocycles. The number of amides is 2. The van der Waals surface area contributed by atoms with E-state index in [1.54, 1.807) is 4.90 Å². The molecule has 0 bridgehead atoms. The van der Waals surface area contributed by atoms with Crippen molar-refractivity contribution >= 4 is 17.5 Å². The Morgan fingerprint density at radius 3 is 2.16 bits per heavy atom. The highest BCUT2D eigenvalue weighted by molar-refractivity contribution is 5.90. The Morgan fingerprint density at radius 1 is 0.968 bits per heavy atom. The summed E-state index contributed by atoms with van der Waals surface area (Å²) < 4.78 is 5.34. The number of benzene rings is 2. The SMILES string of the molecule is Cc1ccc(NC[C@H](C)NC(=O)[C@@H](CC(=O)N2CCOCC2)c2ccc(C)cc2)cc1. The number of aryl methyl sites for hydroxylation is 2. The average Bonchev–Trinajstić information content (AvgIpc) is 2.78. The van der Waals surface area contributed by atoms with Crippen LogP contribution in [0.3, 0.4) is 0 Å². The predicted molar refractivity (Wildman–Crippen MR) is 123 cm³/mol. The summed E-state index contributed by atoms with van der Waals surface area (Å²) in [5.74, 6) is -0.643. The molecular formula is C25H33N3O3. The molecule has 0 aromatic heterocycles. The first-order valence-electron chi connectivity index (χ1n) is 11.0. The second-order valence-corrected chi connectivity index (χ2v) is 8.32. The van der Waals surface area contributed by atoms with Crippen LogP contribution in [0, 0.1) is 13.8 Å². The maximum atomic E-state index is 13.2. The molecule has 0 aliphatic carbocycles. The molecular weight excluding hydrogens is 390 g/mol. The Bertz CT molecular complexity index is 859. The van der Waals surface area contributed by atoms with E-state index >= 15 is 0 Å². The lowest BCUT2D eigenvalue weighted by atomic mass is 9.93. The summed E-state index contributed by atoms with van der Waals surface area (Å²) in [4.78, 5) is 27.8. The number of anilines is 1. The zero-order valence-corrected chi connectivity index (χ0v) is 18.7. The fraction of sp³-hybridized carbons (Fsp3) is 0.440. The molecule has 2 aromatic rings. The molecule has 1 aliphatic heterocycles. The molecule has 0 saturated carbocycles. The second kappa shape index (κ2) is 11.0. The van der Waals surface area contributed by atoms with Crippen molar-refractivity contribution in [1.82, 2.24) is 10.2 Å². The minimum atomic E-state index is -0.516. The topological polar surface area (TPSA) is 70.7 Å². The van der Waals surface area contributed by atoms with Crippen LogP contribution in [0.4, 0.5) is 5.69 Å². The molecule has 1 heterocycles. The molecule has 0 spiro atoms. The summed E-state index contributed by atoms with van der Waals surface area (Å²) in [6, 6.07) is 15.9. The van der Waals surface area contributed by atoms with Gasteiger partial charge < -0.3 is 20.3 Å². The van der Waals surface area contributed by atoms with Crippen molar-refractivity contribution in [2.24, 2.45) is 0 Å². The van der Waals surface area contributed by atoms with E-state index in [1.807, 2.05) is 50.2 Å². The van der Waals surface area contributed by atoms with Crippen molar-refractivity contribution in [3.05, 3.63) is 65.2 Å². The van der Waals surface area contributed by atoms with Gasteiger partial charge in [0, 0.05) is 37.8 Å². The van der Waals surface area contributed by atoms with Crippen LogP contribution in [-0.2, 0) is 14.3 Å². The number of rotatable bonds is 8. The quantitative estimate of drug-likeness (QED) is 0.684. The van der Waals surface area contributed by atoms with Crippen LogP contribution in [0.15, 0.2) is 48.5 Å². The summed E-state index contributed by atoms with van der Waals surface area (Å²) in [7, 11) is 0. The standard InChI is InChI=1S/C25H33N3O3/c1-18-4-8-21(9-5-18)23(16-24(29)28-12-14-31-15-13-28)25(30)27-20(3)17-26-22-10-6-19(2)7-11-22/h4-11,20,23,26H,12-17H2,1-3H3,(H,27,30)/t20-,23-/m0/s1. The van der Waals surface area contributed by atoms with Crippen molar-refractivity contribution in [3.63, 3.8) is 0 Å². The van der Waals surface area contributed by atoms with Crippen molar-refractivity contribution in [2.75, 3.05) is 38.2 Å². The maximum Gasteiger partial charge on any atom is 0.228 e. The molecule has 2 amide bonds. The smallest absolute Gasteiger partial charge is 0.228 e. The Hall–Kier alpha value is -2.86. The third-order valence-corrected chi connectivity index (χ3v) is 5.59. The van der Waals surface area contributed by atoms with Gasteiger partial charge >= 0.3 is 0 Å². The highest BCUT2D eigenvalue weighted by atomic mass is 16.5. The first kappa shape index (κ1) is 22.8. The molecule has 2 N–H and O–H groups in total. The molecule has 3 rings (SSSR count). The summed E-state index contributed by atoms with van der Waals surface area (Å²) in [5, 5.41) is 6.44. The van der Waals surface area contributed by atoms with Gasteiger partial charge in [-0.1, -0.05) is 47.5 Å². The third-order valence-electron chi connectivity index (χ3n) is 5.59. The van der Waals surface area contributed by atoms with E-state index in [-0.39, 0.29) is 24.3 Å². The molecule has 1 aliphatic rings. The lowest BCUT2D eigenvalue weighted by Gasteiger charge is -2.29. The molecule has 0 unspecified atom stereocenters. The molecule has 31 heavy (non-hydrogen) atoms. The van der Waals surface area contributed by atoms with Gasteiger partial charge in [0.05, 0.1) is 19.1 Å². The summed E-state index contributed by atoms with van der Waals surface area (Å²) in [5.41, 5.74) is 4.21. The van der Waals surface area contributed by atoms with E-state index < -0.39 is 5.92 Å². The Kier molecular flexibility index (Phi) is 8.06. The van der Waals surface area contributed by atoms with Gasteiger partial charge in [-0.25, -0.2) is 0 Å². The monoisotopic (exact) mass is 423 g/mol. The van der Waals surface area contributed by atoms with Gasteiger partial charge in [-0.15, -0.1) is 0 Å². The molecule has 1 fully saturated rings. The van der Waals surface area contributed by atoms with Crippen LogP contribution >= 0.6 is 0 Å². The van der Waals surface area contributed by atoms with Crippen molar-refractivity contribution in [3.8, 4) is 0 Å². The average molecular weight is 424 g/mol. The first-order chi connectivity index (χ1) is 14.9. The largest absolute Gasteiger partial charge is 0.383 e. The lowest BCUT2D eigenvalue weighted by Crippen LogP contribution is -2.44. The lowest BCUT2D eigenvalue weighted by molar-refractivity contribution is -0.138. The number of nitrogens with zero attached hydrogens (tertiary/aromatic N) is 1. The Morgan fingerprint density at radius 2 is 1.55 bits per heavy atom. The minimum absolute atomic E-state index is 0.00513. The number of morpholine rings is 1. The molecule has 2 aromatic carbocycles. The van der Waals surface area contributed by atoms with Gasteiger partial charge in [-0.2, -0.15) is 0 Å². The van der Waals surface area contributed by atoms with Gasteiger partial charge in [0.1, 0.15) is 0 Å². The van der Waals surface area contributed by atoms with Crippen LogP contribution in [-0.4, -0.2) is 55.6 Å². The van der Waals surface area contributed by atoms with Crippen molar-refractivity contribution in [2.45, 2.75) is 39.2 Å². The van der Waals surface area contributed by atoms with E-state index in [0.29, 0.717) is 32.8 Å². The number of ether oxygens (including phenoxy) is 1. The predicted octanol–water partition coefficient (Wildman–Crippen LogP) is 3.25. The number of nitrogens with one attached hydrogen (secondary N) is 2. The van der Waals surface area contributed by atoms with Gasteiger partial charge in [-0.05, 0) is 38.5 Å². The van der Waals surface area contributed by atoms with Gasteiger partial charge in [-0.3, -0.25) is 9.59 Å². The molecule has 2 atom stereocenters. The van der Waals surface area contributed by atoms with Crippen molar-refractivity contribution in [1.29, 1.82) is 0 Å². The molecule has 0 radical (unpaired) electrons. The number of carbonyl (C=O) groups excluding carboxylic acids is 2. The molecule has 6 heteroatoms. The molecule has 166 valence electrons. The zero-order valence-electron chi connectivity index (χ0n) is 18.7. The van der Waals surface area contributed by atoms with Gasteiger partial charge in [0.15, 0.2) is 0 Å². The van der Waals surface area contributed by atoms with E-state index in [4.69, 9.17) is 4.74 Å². The van der Waals surface area contributed by atoms with E-state index in [9.17, 15) is 9.59 Å². The van der Waals surface area contributed by atoms with Crippen molar-refractivity contribution < 1.29 is 14.3 Å². The minimum Gasteiger partial charge on any atom is -0.383 e. The highest BCUT2D eigenvalue weighted by Crippen LogP contribution is 2.22. The van der Waals surface area contributed by atoms with Crippen LogP contribution < -0.4 is 10.6 Å². The maximum absolute atomic E-state index is 13.2. The highest BCUT2D eigenvalue weighted by Gasteiger charge is 2.28. The normalized spacial score (nSPS) is 15.8. The van der Waals surface area contributed by atoms with E-state index in [0.717, 1.165) is 16.8 Å². The Balaban J connectivity index is 1.63. The van der Waals surface area contributed by atoms with Crippen LogP contribution in [0.1, 0.15) is 36.0 Å². The number of hydrogen-bond donors (Lipinski definition) is 2. The summed E-state index contributed by atoms with van der Waals surface area (Å²) in [6.07, 6.45) is 0.160. The fourth-order valence-corrected chi connectivity index (χ4v) is 3.61. The van der Waals surface area contributed by atoms with E-state index in [1.165, 1.54) is 5.56 Å². The second-order valence-electron chi connectivity index (χ2n) is 8.32. The summed E-state index contributed by atoms with van der Waals surface area (Å²) in [6.45, 7) is 8.90. The van der Waals surface area contributed by atoms with E-state index in [2.05, 4.69) is 29.7 Å². The zero-order chi connectivity index (χ0) is 22.2. The van der Waals surface area contributed by atoms with Crippen LogP contribution in [0.2, 0.25) is 0 Å². The van der Waals surface area contributed by atoms with Crippen LogP contribution in [0.25, 0.3) is 0 Å². The first-order valence-corrected chi connectivity index (χ1v) is 11.0. The summed E-state index contributed by atoms with van der Waals surface area (Å²) >= 11 is 0. The third kappa shape index (κ3) is 6.82. The molecule has 6 nitrogen and oxygen atoms in total. The fourth-order valence-electron chi connectivity index (χ4n) is 3.61.